The Kier molecular flexibility index (Phi) is 7.66. The summed E-state index contributed by atoms with van der Waals surface area (Å²) >= 11 is 0. The molecule has 2 saturated carbocycles. The van der Waals surface area contributed by atoms with Crippen LogP contribution in [-0.4, -0.2) is 38.6 Å². The zero-order chi connectivity index (χ0) is 15.8. The van der Waals surface area contributed by atoms with Gasteiger partial charge >= 0.3 is 0 Å². The fourth-order valence-corrected chi connectivity index (χ4v) is 4.86. The molecule has 0 aromatic rings. The molecule has 0 spiro atoms. The van der Waals surface area contributed by atoms with Crippen LogP contribution in [0.3, 0.4) is 0 Å². The molecule has 0 bridgehead atoms. The van der Waals surface area contributed by atoms with E-state index < -0.39 is 0 Å². The minimum absolute atomic E-state index is 0.0701. The molecule has 130 valence electrons. The van der Waals surface area contributed by atoms with Crippen molar-refractivity contribution in [2.75, 3.05) is 26.4 Å². The topological polar surface area (TPSA) is 27.7 Å². The summed E-state index contributed by atoms with van der Waals surface area (Å²) in [4.78, 5) is 0. The molecular weight excluding hydrogens is 276 g/mol. The van der Waals surface area contributed by atoms with Gasteiger partial charge in [-0.25, -0.2) is 0 Å². The van der Waals surface area contributed by atoms with Gasteiger partial charge in [0.2, 0.25) is 0 Å². The van der Waals surface area contributed by atoms with Crippen molar-refractivity contribution in [2.45, 2.75) is 84.3 Å². The van der Waals surface area contributed by atoms with Gasteiger partial charge in [0, 0.05) is 25.2 Å². The summed E-state index contributed by atoms with van der Waals surface area (Å²) in [5, 5.41) is 0. The zero-order valence-corrected chi connectivity index (χ0v) is 14.9. The average molecular weight is 312 g/mol. The van der Waals surface area contributed by atoms with E-state index in [1.165, 1.54) is 51.4 Å². The van der Waals surface area contributed by atoms with Crippen molar-refractivity contribution in [1.82, 2.24) is 0 Å². The smallest absolute Gasteiger partial charge is 0.0680 e. The molecule has 2 atom stereocenters. The molecule has 2 aliphatic carbocycles. The highest BCUT2D eigenvalue weighted by Gasteiger charge is 2.54. The van der Waals surface area contributed by atoms with Gasteiger partial charge in [0.25, 0.3) is 0 Å². The molecule has 2 rings (SSSR count). The maximum Gasteiger partial charge on any atom is 0.0680 e. The van der Waals surface area contributed by atoms with Gasteiger partial charge in [-0.15, -0.1) is 0 Å². The molecule has 2 unspecified atom stereocenters. The Balaban J connectivity index is 2.29. The second-order valence-corrected chi connectivity index (χ2v) is 6.90. The Morgan fingerprint density at radius 2 is 1.32 bits per heavy atom. The molecule has 0 radical (unpaired) electrons. The molecule has 0 amide bonds. The number of hydrogen-bond donors (Lipinski definition) is 0. The van der Waals surface area contributed by atoms with Crippen LogP contribution in [0, 0.1) is 11.3 Å². The molecule has 0 heterocycles. The molecule has 0 saturated heterocycles. The van der Waals surface area contributed by atoms with E-state index in [-0.39, 0.29) is 5.41 Å². The predicted octanol–water partition coefficient (Wildman–Crippen LogP) is 4.58. The van der Waals surface area contributed by atoms with Crippen LogP contribution in [0.5, 0.6) is 0 Å². The quantitative estimate of drug-likeness (QED) is 0.656. The highest BCUT2D eigenvalue weighted by Crippen LogP contribution is 2.51. The lowest BCUT2D eigenvalue weighted by atomic mass is 9.59. The van der Waals surface area contributed by atoms with E-state index in [1.54, 1.807) is 0 Å². The van der Waals surface area contributed by atoms with E-state index >= 15 is 0 Å². The van der Waals surface area contributed by atoms with Crippen molar-refractivity contribution < 1.29 is 14.2 Å². The SMILES string of the molecule is CCOCC1(C2CCCCC2)C(OCC)CCCC1OCC. The second-order valence-electron chi connectivity index (χ2n) is 6.90. The first-order chi connectivity index (χ1) is 10.8. The normalized spacial score (nSPS) is 34.0. The van der Waals surface area contributed by atoms with Gasteiger partial charge in [0.15, 0.2) is 0 Å². The first-order valence-corrected chi connectivity index (χ1v) is 9.60. The third-order valence-electron chi connectivity index (χ3n) is 5.79. The van der Waals surface area contributed by atoms with Gasteiger partial charge in [-0.3, -0.25) is 0 Å². The molecule has 22 heavy (non-hydrogen) atoms. The lowest BCUT2D eigenvalue weighted by molar-refractivity contribution is -0.202. The first kappa shape index (κ1) is 18.2. The van der Waals surface area contributed by atoms with Gasteiger partial charge in [0.1, 0.15) is 0 Å². The van der Waals surface area contributed by atoms with E-state index in [4.69, 9.17) is 14.2 Å². The van der Waals surface area contributed by atoms with Crippen molar-refractivity contribution in [3.05, 3.63) is 0 Å². The first-order valence-electron chi connectivity index (χ1n) is 9.60. The molecule has 2 fully saturated rings. The minimum atomic E-state index is 0.0701. The van der Waals surface area contributed by atoms with Crippen LogP contribution < -0.4 is 0 Å². The number of ether oxygens (including phenoxy) is 3. The summed E-state index contributed by atoms with van der Waals surface area (Å²) in [6, 6.07) is 0. The van der Waals surface area contributed by atoms with E-state index in [1.807, 2.05) is 0 Å². The third kappa shape index (κ3) is 3.85. The van der Waals surface area contributed by atoms with E-state index in [0.717, 1.165) is 26.4 Å². The van der Waals surface area contributed by atoms with E-state index in [2.05, 4.69) is 20.8 Å². The van der Waals surface area contributed by atoms with Crippen LogP contribution in [0.25, 0.3) is 0 Å². The summed E-state index contributed by atoms with van der Waals surface area (Å²) in [6.45, 7) is 9.53. The monoisotopic (exact) mass is 312 g/mol. The predicted molar refractivity (Wildman–Crippen MR) is 90.2 cm³/mol. The largest absolute Gasteiger partial charge is 0.381 e. The maximum atomic E-state index is 6.27. The Morgan fingerprint density at radius 3 is 1.82 bits per heavy atom. The molecule has 2 aliphatic rings. The lowest BCUT2D eigenvalue weighted by Crippen LogP contribution is -2.58. The Morgan fingerprint density at radius 1 is 0.727 bits per heavy atom. The molecule has 0 aromatic heterocycles. The van der Waals surface area contributed by atoms with Crippen LogP contribution in [0.2, 0.25) is 0 Å². The van der Waals surface area contributed by atoms with Crippen LogP contribution in [0.1, 0.15) is 72.1 Å². The molecule has 0 N–H and O–H groups in total. The minimum Gasteiger partial charge on any atom is -0.381 e. The van der Waals surface area contributed by atoms with Crippen molar-refractivity contribution >= 4 is 0 Å². The Labute approximate surface area is 137 Å². The highest BCUT2D eigenvalue weighted by molar-refractivity contribution is 5.02. The Bertz CT molecular complexity index is 267. The summed E-state index contributed by atoms with van der Waals surface area (Å²) in [7, 11) is 0. The molecule has 0 aromatic carbocycles. The Hall–Kier alpha value is -0.120. The average Bonchev–Trinajstić information content (AvgIpc) is 2.56. The zero-order valence-electron chi connectivity index (χ0n) is 14.9. The van der Waals surface area contributed by atoms with Crippen LogP contribution in [-0.2, 0) is 14.2 Å². The van der Waals surface area contributed by atoms with Gasteiger partial charge in [-0.2, -0.15) is 0 Å². The van der Waals surface area contributed by atoms with Gasteiger partial charge < -0.3 is 14.2 Å². The highest BCUT2D eigenvalue weighted by atomic mass is 16.5. The molecule has 0 aliphatic heterocycles. The lowest BCUT2D eigenvalue weighted by Gasteiger charge is -2.54. The van der Waals surface area contributed by atoms with Gasteiger partial charge in [-0.05, 0) is 58.8 Å². The van der Waals surface area contributed by atoms with Crippen molar-refractivity contribution in [3.8, 4) is 0 Å². The maximum absolute atomic E-state index is 6.27. The summed E-state index contributed by atoms with van der Waals surface area (Å²) in [5.74, 6) is 0.696. The van der Waals surface area contributed by atoms with E-state index in [9.17, 15) is 0 Å². The molecule has 3 nitrogen and oxygen atoms in total. The summed E-state index contributed by atoms with van der Waals surface area (Å²) in [6.07, 6.45) is 10.9. The molecule has 3 heteroatoms. The van der Waals surface area contributed by atoms with E-state index in [0.29, 0.717) is 18.1 Å². The molecular formula is C19H36O3. The third-order valence-corrected chi connectivity index (χ3v) is 5.79. The van der Waals surface area contributed by atoms with Crippen LogP contribution >= 0.6 is 0 Å². The number of hydrogen-bond acceptors (Lipinski definition) is 3. The fourth-order valence-electron chi connectivity index (χ4n) is 4.86. The fraction of sp³-hybridized carbons (Fsp3) is 1.00. The van der Waals surface area contributed by atoms with Crippen molar-refractivity contribution in [1.29, 1.82) is 0 Å². The summed E-state index contributed by atoms with van der Waals surface area (Å²) in [5.41, 5.74) is 0.0701. The van der Waals surface area contributed by atoms with Crippen LogP contribution in [0.15, 0.2) is 0 Å². The van der Waals surface area contributed by atoms with Crippen LogP contribution in [0.4, 0.5) is 0 Å². The standard InChI is InChI=1S/C19H36O3/c1-4-20-15-19(16-11-8-7-9-12-16)17(21-5-2)13-10-14-18(19)22-6-3/h16-18H,4-15H2,1-3H3. The second kappa shape index (κ2) is 9.24. The van der Waals surface area contributed by atoms with Gasteiger partial charge in [0.05, 0.1) is 18.8 Å². The number of rotatable bonds is 8. The van der Waals surface area contributed by atoms with Crippen molar-refractivity contribution in [3.63, 3.8) is 0 Å². The summed E-state index contributed by atoms with van der Waals surface area (Å²) < 4.78 is 18.6. The van der Waals surface area contributed by atoms with Crippen molar-refractivity contribution in [2.24, 2.45) is 11.3 Å². The van der Waals surface area contributed by atoms with Gasteiger partial charge in [-0.1, -0.05) is 19.3 Å².